The average Bonchev–Trinajstić information content (AvgIpc) is 2.67. The van der Waals surface area contributed by atoms with Crippen LogP contribution in [0, 0.1) is 6.92 Å². The van der Waals surface area contributed by atoms with Gasteiger partial charge in [0.2, 0.25) is 0 Å². The molecule has 5 heteroatoms. The van der Waals surface area contributed by atoms with Crippen molar-refractivity contribution in [1.29, 1.82) is 0 Å². The molecule has 0 spiro atoms. The molecule has 2 heterocycles. The number of ether oxygens (including phenoxy) is 1. The molecule has 4 rings (SSSR count). The van der Waals surface area contributed by atoms with Gasteiger partial charge in [-0.25, -0.2) is 0 Å². The highest BCUT2D eigenvalue weighted by atomic mass is 32.2. The lowest BCUT2D eigenvalue weighted by molar-refractivity contribution is 0.0987. The summed E-state index contributed by atoms with van der Waals surface area (Å²) in [5, 5.41) is 0. The van der Waals surface area contributed by atoms with Gasteiger partial charge < -0.3 is 14.5 Å². The number of fused-ring (bicyclic) bond motifs is 1. The SMILES string of the molecule is Cc1cc(C(=O)N2CCSc3ccccc32)ccc1N1CCOCC1. The highest BCUT2D eigenvalue weighted by Gasteiger charge is 2.24. The minimum Gasteiger partial charge on any atom is -0.378 e. The van der Waals surface area contributed by atoms with E-state index in [1.165, 1.54) is 10.6 Å². The van der Waals surface area contributed by atoms with Crippen molar-refractivity contribution in [2.45, 2.75) is 11.8 Å². The van der Waals surface area contributed by atoms with E-state index >= 15 is 0 Å². The Bertz CT molecular complexity index is 787. The van der Waals surface area contributed by atoms with Crippen molar-refractivity contribution in [2.75, 3.05) is 48.4 Å². The molecule has 1 fully saturated rings. The van der Waals surface area contributed by atoms with Crippen molar-refractivity contribution >= 4 is 29.0 Å². The molecule has 0 aromatic heterocycles. The molecule has 25 heavy (non-hydrogen) atoms. The van der Waals surface area contributed by atoms with Crippen molar-refractivity contribution in [3.8, 4) is 0 Å². The fraction of sp³-hybridized carbons (Fsp3) is 0.350. The van der Waals surface area contributed by atoms with Crippen LogP contribution in [-0.2, 0) is 4.74 Å². The monoisotopic (exact) mass is 354 g/mol. The molecule has 4 nitrogen and oxygen atoms in total. The summed E-state index contributed by atoms with van der Waals surface area (Å²) in [6.45, 7) is 6.19. The standard InChI is InChI=1S/C20H22N2O2S/c1-15-14-16(6-7-17(15)21-8-11-24-12-9-21)20(23)22-10-13-25-19-5-3-2-4-18(19)22/h2-7,14H,8-13H2,1H3. The van der Waals surface area contributed by atoms with Crippen molar-refractivity contribution in [2.24, 2.45) is 0 Å². The maximum absolute atomic E-state index is 13.1. The number of thioether (sulfide) groups is 1. The van der Waals surface area contributed by atoms with Crippen LogP contribution in [0.25, 0.3) is 0 Å². The largest absolute Gasteiger partial charge is 0.378 e. The van der Waals surface area contributed by atoms with E-state index in [0.29, 0.717) is 0 Å². The second-order valence-electron chi connectivity index (χ2n) is 6.37. The van der Waals surface area contributed by atoms with E-state index in [4.69, 9.17) is 4.74 Å². The number of carbonyl (C=O) groups is 1. The van der Waals surface area contributed by atoms with Gasteiger partial charge in [0.15, 0.2) is 0 Å². The first-order valence-electron chi connectivity index (χ1n) is 8.71. The van der Waals surface area contributed by atoms with Crippen LogP contribution in [0.2, 0.25) is 0 Å². The molecule has 1 saturated heterocycles. The van der Waals surface area contributed by atoms with Crippen molar-refractivity contribution < 1.29 is 9.53 Å². The van der Waals surface area contributed by atoms with Gasteiger partial charge in [0.1, 0.15) is 0 Å². The van der Waals surface area contributed by atoms with Crippen LogP contribution >= 0.6 is 11.8 Å². The second kappa shape index (κ2) is 7.10. The maximum Gasteiger partial charge on any atom is 0.258 e. The Kier molecular flexibility index (Phi) is 4.68. The number of hydrogen-bond donors (Lipinski definition) is 0. The maximum atomic E-state index is 13.1. The molecule has 2 aliphatic heterocycles. The molecule has 0 unspecified atom stereocenters. The zero-order chi connectivity index (χ0) is 17.2. The number of nitrogens with zero attached hydrogens (tertiary/aromatic N) is 2. The van der Waals surface area contributed by atoms with Crippen LogP contribution in [-0.4, -0.2) is 44.5 Å². The molecule has 2 aromatic rings. The Morgan fingerprint density at radius 1 is 1.04 bits per heavy atom. The van der Waals surface area contributed by atoms with Crippen LogP contribution in [0.3, 0.4) is 0 Å². The van der Waals surface area contributed by atoms with Crippen LogP contribution in [0.5, 0.6) is 0 Å². The number of anilines is 2. The molecule has 0 atom stereocenters. The fourth-order valence-electron chi connectivity index (χ4n) is 3.48. The van der Waals surface area contributed by atoms with E-state index in [-0.39, 0.29) is 5.91 Å². The van der Waals surface area contributed by atoms with Crippen LogP contribution in [0.4, 0.5) is 11.4 Å². The van der Waals surface area contributed by atoms with Gasteiger partial charge in [-0.05, 0) is 42.8 Å². The molecule has 1 amide bonds. The van der Waals surface area contributed by atoms with Gasteiger partial charge in [0.05, 0.1) is 18.9 Å². The van der Waals surface area contributed by atoms with Crippen LogP contribution in [0.15, 0.2) is 47.4 Å². The number of hydrogen-bond acceptors (Lipinski definition) is 4. The number of carbonyl (C=O) groups excluding carboxylic acids is 1. The molecule has 2 aliphatic rings. The molecule has 0 radical (unpaired) electrons. The number of aryl methyl sites for hydroxylation is 1. The average molecular weight is 354 g/mol. The topological polar surface area (TPSA) is 32.8 Å². The Morgan fingerprint density at radius 3 is 2.64 bits per heavy atom. The predicted octanol–water partition coefficient (Wildman–Crippen LogP) is 3.58. The van der Waals surface area contributed by atoms with Crippen molar-refractivity contribution in [3.63, 3.8) is 0 Å². The van der Waals surface area contributed by atoms with Crippen molar-refractivity contribution in [1.82, 2.24) is 0 Å². The van der Waals surface area contributed by atoms with Gasteiger partial charge in [-0.2, -0.15) is 0 Å². The summed E-state index contributed by atoms with van der Waals surface area (Å²) in [4.78, 5) is 18.5. The van der Waals surface area contributed by atoms with Gasteiger partial charge in [-0.15, -0.1) is 11.8 Å². The highest BCUT2D eigenvalue weighted by Crippen LogP contribution is 2.35. The summed E-state index contributed by atoms with van der Waals surface area (Å²) < 4.78 is 5.43. The van der Waals surface area contributed by atoms with E-state index in [0.717, 1.165) is 55.4 Å². The lowest BCUT2D eigenvalue weighted by Gasteiger charge is -2.31. The third-order valence-corrected chi connectivity index (χ3v) is 5.81. The van der Waals surface area contributed by atoms with Crippen molar-refractivity contribution in [3.05, 3.63) is 53.6 Å². The van der Waals surface area contributed by atoms with Gasteiger partial charge in [-0.3, -0.25) is 4.79 Å². The summed E-state index contributed by atoms with van der Waals surface area (Å²) in [7, 11) is 0. The van der Waals surface area contributed by atoms with E-state index < -0.39 is 0 Å². The highest BCUT2D eigenvalue weighted by molar-refractivity contribution is 7.99. The van der Waals surface area contributed by atoms with Gasteiger partial charge in [0.25, 0.3) is 5.91 Å². The van der Waals surface area contributed by atoms with Crippen LogP contribution in [0.1, 0.15) is 15.9 Å². The van der Waals surface area contributed by atoms with E-state index in [2.05, 4.69) is 24.0 Å². The lowest BCUT2D eigenvalue weighted by atomic mass is 10.1. The smallest absolute Gasteiger partial charge is 0.258 e. The molecule has 0 N–H and O–H groups in total. The molecule has 0 aliphatic carbocycles. The van der Waals surface area contributed by atoms with E-state index in [1.54, 1.807) is 0 Å². The minimum absolute atomic E-state index is 0.0874. The summed E-state index contributed by atoms with van der Waals surface area (Å²) in [6.07, 6.45) is 0. The normalized spacial score (nSPS) is 17.3. The molecule has 130 valence electrons. The Labute approximate surface area is 152 Å². The minimum atomic E-state index is 0.0874. The predicted molar refractivity (Wildman–Crippen MR) is 103 cm³/mol. The molecule has 0 bridgehead atoms. The van der Waals surface area contributed by atoms with Gasteiger partial charge >= 0.3 is 0 Å². The number of para-hydroxylation sites is 1. The third kappa shape index (κ3) is 3.26. The quantitative estimate of drug-likeness (QED) is 0.825. The summed E-state index contributed by atoms with van der Waals surface area (Å²) in [5.74, 6) is 1.03. The van der Waals surface area contributed by atoms with Crippen LogP contribution < -0.4 is 9.80 Å². The first kappa shape index (κ1) is 16.5. The lowest BCUT2D eigenvalue weighted by Crippen LogP contribution is -2.37. The first-order chi connectivity index (χ1) is 12.2. The van der Waals surface area contributed by atoms with Gasteiger partial charge in [0, 0.05) is 41.5 Å². The van der Waals surface area contributed by atoms with E-state index in [1.807, 2.05) is 47.0 Å². The zero-order valence-corrected chi connectivity index (χ0v) is 15.2. The molecular weight excluding hydrogens is 332 g/mol. The molecular formula is C20H22N2O2S. The third-order valence-electron chi connectivity index (χ3n) is 4.77. The number of morpholine rings is 1. The number of rotatable bonds is 2. The molecule has 2 aromatic carbocycles. The number of amides is 1. The fourth-order valence-corrected chi connectivity index (χ4v) is 4.48. The molecule has 0 saturated carbocycles. The van der Waals surface area contributed by atoms with Gasteiger partial charge in [-0.1, -0.05) is 12.1 Å². The second-order valence-corrected chi connectivity index (χ2v) is 7.51. The Morgan fingerprint density at radius 2 is 1.84 bits per heavy atom. The van der Waals surface area contributed by atoms with E-state index in [9.17, 15) is 4.79 Å². The Hall–Kier alpha value is -1.98. The zero-order valence-electron chi connectivity index (χ0n) is 14.4. The summed E-state index contributed by atoms with van der Waals surface area (Å²) in [6, 6.07) is 14.2. The summed E-state index contributed by atoms with van der Waals surface area (Å²) in [5.41, 5.74) is 4.14. The number of benzene rings is 2. The summed E-state index contributed by atoms with van der Waals surface area (Å²) >= 11 is 1.82. The first-order valence-corrected chi connectivity index (χ1v) is 9.69. The Balaban J connectivity index is 1.60.